The summed E-state index contributed by atoms with van der Waals surface area (Å²) in [6, 6.07) is 13.5. The molecular formula is C17H19F2N. The lowest BCUT2D eigenvalue weighted by molar-refractivity contribution is 0.529. The maximum Gasteiger partial charge on any atom is 0.128 e. The van der Waals surface area contributed by atoms with Crippen molar-refractivity contribution in [1.82, 2.24) is 0 Å². The van der Waals surface area contributed by atoms with Gasteiger partial charge in [0.25, 0.3) is 0 Å². The van der Waals surface area contributed by atoms with E-state index < -0.39 is 11.6 Å². The second-order valence-electron chi connectivity index (χ2n) is 5.40. The Bertz CT molecular complexity index is 532. The zero-order valence-electron chi connectivity index (χ0n) is 11.7. The summed E-state index contributed by atoms with van der Waals surface area (Å²) in [7, 11) is 0. The molecule has 1 unspecified atom stereocenters. The number of nitrogens with one attached hydrogen (secondary N) is 1. The fraction of sp³-hybridized carbons (Fsp3) is 0.294. The van der Waals surface area contributed by atoms with Crippen LogP contribution < -0.4 is 5.32 Å². The number of hydrogen-bond donors (Lipinski definition) is 1. The minimum absolute atomic E-state index is 0.0393. The van der Waals surface area contributed by atoms with Crippen molar-refractivity contribution >= 4 is 5.69 Å². The maximum absolute atomic E-state index is 13.3. The first-order chi connectivity index (χ1) is 9.54. The third kappa shape index (κ3) is 4.05. The molecular weight excluding hydrogens is 256 g/mol. The summed E-state index contributed by atoms with van der Waals surface area (Å²) >= 11 is 0. The minimum Gasteiger partial charge on any atom is -0.378 e. The lowest BCUT2D eigenvalue weighted by atomic mass is 9.97. The number of halogens is 2. The fourth-order valence-corrected chi connectivity index (χ4v) is 2.27. The first-order valence-corrected chi connectivity index (χ1v) is 6.82. The minimum atomic E-state index is -0.566. The van der Waals surface area contributed by atoms with E-state index in [1.54, 1.807) is 0 Å². The number of benzene rings is 2. The largest absolute Gasteiger partial charge is 0.378 e. The van der Waals surface area contributed by atoms with E-state index in [0.29, 0.717) is 11.6 Å². The molecule has 0 aliphatic rings. The van der Waals surface area contributed by atoms with Crippen LogP contribution in [-0.4, -0.2) is 0 Å². The Morgan fingerprint density at radius 1 is 0.950 bits per heavy atom. The second kappa shape index (κ2) is 6.51. The molecule has 1 atom stereocenters. The van der Waals surface area contributed by atoms with E-state index in [9.17, 15) is 8.78 Å². The van der Waals surface area contributed by atoms with Gasteiger partial charge in [0.15, 0.2) is 0 Å². The molecule has 0 aliphatic heterocycles. The van der Waals surface area contributed by atoms with Crippen molar-refractivity contribution in [2.75, 3.05) is 5.32 Å². The van der Waals surface area contributed by atoms with E-state index in [1.165, 1.54) is 12.1 Å². The summed E-state index contributed by atoms with van der Waals surface area (Å²) in [5, 5.41) is 3.23. The van der Waals surface area contributed by atoms with Crippen molar-refractivity contribution in [2.24, 2.45) is 5.92 Å². The molecule has 0 saturated heterocycles. The standard InChI is InChI=1S/C17H19F2N/c1-12(2)8-17(13-6-4-3-5-7-13)20-16-10-14(18)9-15(19)11-16/h3-7,9-12,17,20H,8H2,1-2H3. The van der Waals surface area contributed by atoms with Gasteiger partial charge in [0, 0.05) is 11.8 Å². The number of hydrogen-bond acceptors (Lipinski definition) is 1. The molecule has 2 aromatic rings. The Hall–Kier alpha value is -1.90. The van der Waals surface area contributed by atoms with Crippen molar-refractivity contribution in [1.29, 1.82) is 0 Å². The van der Waals surface area contributed by atoms with E-state index in [-0.39, 0.29) is 6.04 Å². The normalized spacial score (nSPS) is 12.4. The second-order valence-corrected chi connectivity index (χ2v) is 5.40. The van der Waals surface area contributed by atoms with Gasteiger partial charge < -0.3 is 5.32 Å². The Kier molecular flexibility index (Phi) is 4.72. The van der Waals surface area contributed by atoms with Gasteiger partial charge in [0.2, 0.25) is 0 Å². The molecule has 20 heavy (non-hydrogen) atoms. The van der Waals surface area contributed by atoms with Crippen LogP contribution in [0.2, 0.25) is 0 Å². The Labute approximate surface area is 118 Å². The lowest BCUT2D eigenvalue weighted by Gasteiger charge is -2.22. The lowest BCUT2D eigenvalue weighted by Crippen LogP contribution is -2.13. The molecule has 0 aliphatic carbocycles. The molecule has 2 rings (SSSR count). The summed E-state index contributed by atoms with van der Waals surface area (Å²) < 4.78 is 26.5. The Morgan fingerprint density at radius 3 is 2.10 bits per heavy atom. The zero-order valence-corrected chi connectivity index (χ0v) is 11.7. The van der Waals surface area contributed by atoms with Crippen LogP contribution in [0, 0.1) is 17.6 Å². The van der Waals surface area contributed by atoms with Crippen molar-refractivity contribution < 1.29 is 8.78 Å². The van der Waals surface area contributed by atoms with E-state index >= 15 is 0 Å². The van der Waals surface area contributed by atoms with Gasteiger partial charge >= 0.3 is 0 Å². The highest BCUT2D eigenvalue weighted by Crippen LogP contribution is 2.26. The smallest absolute Gasteiger partial charge is 0.128 e. The van der Waals surface area contributed by atoms with Crippen molar-refractivity contribution in [3.63, 3.8) is 0 Å². The maximum atomic E-state index is 13.3. The predicted molar refractivity (Wildman–Crippen MR) is 78.6 cm³/mol. The summed E-state index contributed by atoms with van der Waals surface area (Å²) in [6.45, 7) is 4.26. The highest BCUT2D eigenvalue weighted by molar-refractivity contribution is 5.46. The molecule has 0 saturated carbocycles. The molecule has 0 fully saturated rings. The van der Waals surface area contributed by atoms with E-state index in [4.69, 9.17) is 0 Å². The van der Waals surface area contributed by atoms with Crippen LogP contribution in [0.25, 0.3) is 0 Å². The van der Waals surface area contributed by atoms with Gasteiger partial charge in [-0.1, -0.05) is 44.2 Å². The van der Waals surface area contributed by atoms with Gasteiger partial charge in [0.1, 0.15) is 11.6 Å². The van der Waals surface area contributed by atoms with E-state index in [0.717, 1.165) is 18.1 Å². The predicted octanol–water partition coefficient (Wildman–Crippen LogP) is 5.16. The topological polar surface area (TPSA) is 12.0 Å². The average Bonchev–Trinajstić information content (AvgIpc) is 2.37. The SMILES string of the molecule is CC(C)CC(Nc1cc(F)cc(F)c1)c1ccccc1. The molecule has 0 radical (unpaired) electrons. The van der Waals surface area contributed by atoms with Crippen LogP contribution in [0.1, 0.15) is 31.9 Å². The zero-order chi connectivity index (χ0) is 14.5. The van der Waals surface area contributed by atoms with Crippen molar-refractivity contribution in [2.45, 2.75) is 26.3 Å². The molecule has 0 amide bonds. The monoisotopic (exact) mass is 275 g/mol. The van der Waals surface area contributed by atoms with Crippen molar-refractivity contribution in [3.05, 3.63) is 65.7 Å². The van der Waals surface area contributed by atoms with Gasteiger partial charge in [-0.2, -0.15) is 0 Å². The van der Waals surface area contributed by atoms with Crippen molar-refractivity contribution in [3.8, 4) is 0 Å². The average molecular weight is 275 g/mol. The van der Waals surface area contributed by atoms with Crippen LogP contribution >= 0.6 is 0 Å². The molecule has 2 aromatic carbocycles. The quantitative estimate of drug-likeness (QED) is 0.794. The van der Waals surface area contributed by atoms with Crippen LogP contribution in [0.4, 0.5) is 14.5 Å². The first kappa shape index (κ1) is 14.5. The number of rotatable bonds is 5. The summed E-state index contributed by atoms with van der Waals surface area (Å²) in [5.41, 5.74) is 1.59. The van der Waals surface area contributed by atoms with E-state index in [1.807, 2.05) is 30.3 Å². The van der Waals surface area contributed by atoms with Gasteiger partial charge in [0.05, 0.1) is 6.04 Å². The van der Waals surface area contributed by atoms with Gasteiger partial charge in [-0.3, -0.25) is 0 Å². The molecule has 0 spiro atoms. The fourth-order valence-electron chi connectivity index (χ4n) is 2.27. The Morgan fingerprint density at radius 2 is 1.55 bits per heavy atom. The molecule has 106 valence electrons. The summed E-state index contributed by atoms with van der Waals surface area (Å²) in [6.07, 6.45) is 0.891. The van der Waals surface area contributed by atoms with E-state index in [2.05, 4.69) is 19.2 Å². The van der Waals surface area contributed by atoms with Gasteiger partial charge in [-0.15, -0.1) is 0 Å². The van der Waals surface area contributed by atoms with Crippen LogP contribution in [0.15, 0.2) is 48.5 Å². The highest BCUT2D eigenvalue weighted by atomic mass is 19.1. The molecule has 1 N–H and O–H groups in total. The molecule has 3 heteroatoms. The molecule has 1 nitrogen and oxygen atoms in total. The summed E-state index contributed by atoms with van der Waals surface area (Å²) in [5.74, 6) is -0.654. The molecule has 0 heterocycles. The van der Waals surface area contributed by atoms with Gasteiger partial charge in [-0.25, -0.2) is 8.78 Å². The van der Waals surface area contributed by atoms with Crippen LogP contribution in [0.3, 0.4) is 0 Å². The van der Waals surface area contributed by atoms with Gasteiger partial charge in [-0.05, 0) is 30.0 Å². The summed E-state index contributed by atoms with van der Waals surface area (Å²) in [4.78, 5) is 0. The third-order valence-corrected chi connectivity index (χ3v) is 3.11. The first-order valence-electron chi connectivity index (χ1n) is 6.82. The Balaban J connectivity index is 2.23. The molecule has 0 aromatic heterocycles. The molecule has 0 bridgehead atoms. The highest BCUT2D eigenvalue weighted by Gasteiger charge is 2.14. The third-order valence-electron chi connectivity index (χ3n) is 3.11. The van der Waals surface area contributed by atoms with Crippen LogP contribution in [-0.2, 0) is 0 Å². The number of anilines is 1. The van der Waals surface area contributed by atoms with Crippen LogP contribution in [0.5, 0.6) is 0 Å².